The highest BCUT2D eigenvalue weighted by Gasteiger charge is 2.52. The van der Waals surface area contributed by atoms with Crippen LogP contribution in [-0.2, 0) is 10.8 Å². The van der Waals surface area contributed by atoms with Gasteiger partial charge in [-0.1, -0.05) is 200 Å². The molecule has 2 aliphatic heterocycles. The lowest BCUT2D eigenvalue weighted by atomic mass is 9.66. The fourth-order valence-electron chi connectivity index (χ4n) is 11.9. The zero-order chi connectivity index (χ0) is 42.7. The molecule has 4 aliphatic rings. The monoisotopic (exact) mass is 845 g/mol. The van der Waals surface area contributed by atoms with Crippen molar-refractivity contribution < 1.29 is 4.74 Å². The highest BCUT2D eigenvalue weighted by atomic mass is 32.2. The molecule has 0 bridgehead atoms. The molecule has 304 valence electrons. The van der Waals surface area contributed by atoms with E-state index in [1.807, 2.05) is 11.8 Å². The van der Waals surface area contributed by atoms with Gasteiger partial charge in [-0.15, -0.1) is 0 Å². The van der Waals surface area contributed by atoms with Gasteiger partial charge >= 0.3 is 0 Å². The van der Waals surface area contributed by atoms with E-state index in [-0.39, 0.29) is 0 Å². The lowest BCUT2D eigenvalue weighted by Gasteiger charge is -2.40. The van der Waals surface area contributed by atoms with Crippen LogP contribution in [0, 0.1) is 0 Å². The van der Waals surface area contributed by atoms with Crippen molar-refractivity contribution >= 4 is 28.8 Å². The van der Waals surface area contributed by atoms with Gasteiger partial charge in [0.1, 0.15) is 11.5 Å². The molecule has 0 fully saturated rings. The number of rotatable bonds is 4. The summed E-state index contributed by atoms with van der Waals surface area (Å²) in [4.78, 5) is 5.04. The van der Waals surface area contributed by atoms with E-state index in [1.165, 1.54) is 76.6 Å². The maximum absolute atomic E-state index is 6.72. The number of para-hydroxylation sites is 3. The highest BCUT2D eigenvalue weighted by molar-refractivity contribution is 7.99. The zero-order valence-corrected chi connectivity index (χ0v) is 36.1. The molecular weight excluding hydrogens is 807 g/mol. The van der Waals surface area contributed by atoms with Gasteiger partial charge < -0.3 is 9.64 Å². The molecule has 65 heavy (non-hydrogen) atoms. The Kier molecular flexibility index (Phi) is 7.79. The van der Waals surface area contributed by atoms with E-state index in [4.69, 9.17) is 4.74 Å². The molecule has 10 aromatic carbocycles. The van der Waals surface area contributed by atoms with Gasteiger partial charge in [0.05, 0.1) is 16.5 Å². The van der Waals surface area contributed by atoms with E-state index in [0.717, 1.165) is 39.7 Å². The average molecular weight is 846 g/mol. The van der Waals surface area contributed by atoms with E-state index in [1.54, 1.807) is 0 Å². The number of ether oxygens (including phenoxy) is 1. The molecule has 0 atom stereocenters. The largest absolute Gasteiger partial charge is 0.457 e. The van der Waals surface area contributed by atoms with Crippen LogP contribution in [0.4, 0.5) is 17.1 Å². The molecule has 2 aliphatic carbocycles. The van der Waals surface area contributed by atoms with Crippen molar-refractivity contribution in [2.75, 3.05) is 4.90 Å². The molecule has 0 radical (unpaired) electrons. The van der Waals surface area contributed by atoms with Crippen LogP contribution in [0.1, 0.15) is 44.5 Å². The number of anilines is 3. The molecule has 14 rings (SSSR count). The second-order valence-corrected chi connectivity index (χ2v) is 18.5. The minimum absolute atomic E-state index is 0.453. The van der Waals surface area contributed by atoms with Gasteiger partial charge in [-0.2, -0.15) is 0 Å². The predicted molar refractivity (Wildman–Crippen MR) is 265 cm³/mol. The summed E-state index contributed by atoms with van der Waals surface area (Å²) in [6, 6.07) is 87.5. The number of hydrogen-bond acceptors (Lipinski definition) is 3. The average Bonchev–Trinajstić information content (AvgIpc) is 3.82. The van der Waals surface area contributed by atoms with Crippen LogP contribution >= 0.6 is 11.8 Å². The number of fused-ring (bicyclic) bond motifs is 18. The summed E-state index contributed by atoms with van der Waals surface area (Å²) in [5, 5.41) is 0. The third-order valence-corrected chi connectivity index (χ3v) is 15.5. The van der Waals surface area contributed by atoms with Gasteiger partial charge in [0, 0.05) is 37.9 Å². The summed E-state index contributed by atoms with van der Waals surface area (Å²) in [7, 11) is 0. The van der Waals surface area contributed by atoms with Crippen molar-refractivity contribution in [2.24, 2.45) is 0 Å². The van der Waals surface area contributed by atoms with Gasteiger partial charge in [-0.05, 0) is 110 Å². The van der Waals surface area contributed by atoms with Crippen LogP contribution in [0.25, 0.3) is 33.4 Å². The van der Waals surface area contributed by atoms with Gasteiger partial charge in [0.25, 0.3) is 0 Å². The SMILES string of the molecule is c1ccc(-c2ccccc2N(c2ccc3c(c2)Sc2ccccc2C32c3ccccc3-c3ccccc32)c2ccc3c(c2)C2(c4ccccc4Oc4ccccc42)c2ccccc2-3)cc1. The third kappa shape index (κ3) is 4.91. The van der Waals surface area contributed by atoms with Crippen LogP contribution in [0.15, 0.2) is 246 Å². The zero-order valence-electron chi connectivity index (χ0n) is 35.3. The first-order valence-corrected chi connectivity index (χ1v) is 23.2. The normalized spacial score (nSPS) is 14.5. The van der Waals surface area contributed by atoms with Crippen molar-refractivity contribution in [3.05, 3.63) is 281 Å². The molecule has 2 heterocycles. The minimum atomic E-state index is -0.594. The summed E-state index contributed by atoms with van der Waals surface area (Å²) in [6.07, 6.45) is 0. The quantitative estimate of drug-likeness (QED) is 0.175. The topological polar surface area (TPSA) is 12.5 Å². The number of benzene rings is 10. The van der Waals surface area contributed by atoms with Gasteiger partial charge in [-0.3, -0.25) is 0 Å². The van der Waals surface area contributed by atoms with Gasteiger partial charge in [0.2, 0.25) is 0 Å². The molecule has 0 N–H and O–H groups in total. The van der Waals surface area contributed by atoms with Crippen molar-refractivity contribution in [1.29, 1.82) is 0 Å². The van der Waals surface area contributed by atoms with Crippen LogP contribution in [0.3, 0.4) is 0 Å². The molecule has 0 amide bonds. The Balaban J connectivity index is 1.04. The van der Waals surface area contributed by atoms with Crippen LogP contribution in [-0.4, -0.2) is 0 Å². The molecule has 0 saturated carbocycles. The Morgan fingerprint density at radius 2 is 0.754 bits per heavy atom. The summed E-state index contributed by atoms with van der Waals surface area (Å²) in [6.45, 7) is 0. The van der Waals surface area contributed by atoms with Crippen LogP contribution in [0.5, 0.6) is 11.5 Å². The molecule has 2 nitrogen and oxygen atoms in total. The Bertz CT molecular complexity index is 3500. The smallest absolute Gasteiger partial charge is 0.132 e. The Morgan fingerprint density at radius 1 is 0.308 bits per heavy atom. The Hall–Kier alpha value is -7.85. The molecule has 10 aromatic rings. The first-order chi connectivity index (χ1) is 32.2. The van der Waals surface area contributed by atoms with Gasteiger partial charge in [0.15, 0.2) is 0 Å². The van der Waals surface area contributed by atoms with Crippen LogP contribution < -0.4 is 9.64 Å². The Morgan fingerprint density at radius 3 is 1.40 bits per heavy atom. The fourth-order valence-corrected chi connectivity index (χ4v) is 13.2. The van der Waals surface area contributed by atoms with Crippen LogP contribution in [0.2, 0.25) is 0 Å². The standard InChI is InChI=1S/C62H39NOS/c1-2-18-40(19-3-1)43-20-7-14-30-56(43)63(41-34-36-47-46-23-6-10-26-50(46)62(55(47)38-41)51-27-11-15-31-57(51)64-58-32-16-12-28-52(58)62)42-35-37-54-60(39-42)65-59-33-17-13-29-53(59)61(54)48-24-8-4-21-44(48)45-22-5-9-25-49(45)61/h1-39H. The first-order valence-electron chi connectivity index (χ1n) is 22.4. The summed E-state index contributed by atoms with van der Waals surface area (Å²) < 4.78 is 6.72. The molecule has 3 heteroatoms. The molecular formula is C62H39NOS. The van der Waals surface area contributed by atoms with E-state index >= 15 is 0 Å². The fraction of sp³-hybridized carbons (Fsp3) is 0.0323. The molecule has 0 aromatic heterocycles. The molecule has 2 spiro atoms. The van der Waals surface area contributed by atoms with Crippen molar-refractivity contribution in [3.8, 4) is 44.9 Å². The maximum Gasteiger partial charge on any atom is 0.132 e. The van der Waals surface area contributed by atoms with Crippen molar-refractivity contribution in [2.45, 2.75) is 20.6 Å². The maximum atomic E-state index is 6.72. The summed E-state index contributed by atoms with van der Waals surface area (Å²) >= 11 is 1.89. The van der Waals surface area contributed by atoms with E-state index in [0.29, 0.717) is 0 Å². The van der Waals surface area contributed by atoms with Crippen molar-refractivity contribution in [3.63, 3.8) is 0 Å². The summed E-state index contributed by atoms with van der Waals surface area (Å²) in [5.41, 5.74) is 19.9. The van der Waals surface area contributed by atoms with E-state index < -0.39 is 10.8 Å². The second-order valence-electron chi connectivity index (χ2n) is 17.5. The van der Waals surface area contributed by atoms with E-state index in [9.17, 15) is 0 Å². The summed E-state index contributed by atoms with van der Waals surface area (Å²) in [5.74, 6) is 1.78. The lowest BCUT2D eigenvalue weighted by Crippen LogP contribution is -2.32. The lowest BCUT2D eigenvalue weighted by molar-refractivity contribution is 0.436. The van der Waals surface area contributed by atoms with Crippen molar-refractivity contribution in [1.82, 2.24) is 0 Å². The highest BCUT2D eigenvalue weighted by Crippen LogP contribution is 2.65. The van der Waals surface area contributed by atoms with E-state index in [2.05, 4.69) is 241 Å². The third-order valence-electron chi connectivity index (χ3n) is 14.4. The van der Waals surface area contributed by atoms with Gasteiger partial charge in [-0.25, -0.2) is 0 Å². The minimum Gasteiger partial charge on any atom is -0.457 e. The number of nitrogens with zero attached hydrogens (tertiary/aromatic N) is 1. The number of hydrogen-bond donors (Lipinski definition) is 0. The molecule has 0 unspecified atom stereocenters. The second kappa shape index (κ2) is 13.8. The first kappa shape index (κ1) is 36.6. The Labute approximate surface area is 383 Å². The molecule has 0 saturated heterocycles. The predicted octanol–water partition coefficient (Wildman–Crippen LogP) is 16.1.